The number of anilines is 1. The van der Waals surface area contributed by atoms with Gasteiger partial charge in [-0.25, -0.2) is 4.79 Å². The Labute approximate surface area is 166 Å². The lowest BCUT2D eigenvalue weighted by Crippen LogP contribution is -2.44. The lowest BCUT2D eigenvalue weighted by atomic mass is 9.99. The molecule has 1 aliphatic rings. The normalized spacial score (nSPS) is 19.6. The number of amides is 4. The summed E-state index contributed by atoms with van der Waals surface area (Å²) in [5.74, 6) is -2.06. The van der Waals surface area contributed by atoms with Crippen LogP contribution in [0.25, 0.3) is 0 Å². The Morgan fingerprint density at radius 3 is 2.64 bits per heavy atom. The van der Waals surface area contributed by atoms with Crippen molar-refractivity contribution < 1.29 is 23.9 Å². The predicted molar refractivity (Wildman–Crippen MR) is 99.3 cm³/mol. The molecule has 4 amide bonds. The molecule has 0 saturated carbocycles. The zero-order valence-electron chi connectivity index (χ0n) is 15.5. The molecule has 0 unspecified atom stereocenters. The van der Waals surface area contributed by atoms with Crippen LogP contribution in [0.3, 0.4) is 0 Å². The van der Waals surface area contributed by atoms with E-state index in [-0.39, 0.29) is 10.6 Å². The van der Waals surface area contributed by atoms with Crippen molar-refractivity contribution in [3.63, 3.8) is 0 Å². The molecule has 2 N–H and O–H groups in total. The van der Waals surface area contributed by atoms with E-state index in [0.29, 0.717) is 12.1 Å². The summed E-state index contributed by atoms with van der Waals surface area (Å²) in [6.45, 7) is 4.06. The van der Waals surface area contributed by atoms with E-state index in [4.69, 9.17) is 21.6 Å². The van der Waals surface area contributed by atoms with Gasteiger partial charge in [0.05, 0.1) is 10.6 Å². The van der Waals surface area contributed by atoms with Crippen LogP contribution in [0.15, 0.2) is 18.2 Å². The maximum Gasteiger partial charge on any atom is 0.327 e. The Morgan fingerprint density at radius 1 is 1.43 bits per heavy atom. The summed E-state index contributed by atoms with van der Waals surface area (Å²) in [6.07, 6.45) is -0.810. The third-order valence-electron chi connectivity index (χ3n) is 4.37. The molecule has 1 heterocycles. The zero-order chi connectivity index (χ0) is 21.1. The van der Waals surface area contributed by atoms with Crippen LogP contribution in [0, 0.1) is 11.3 Å². The van der Waals surface area contributed by atoms with Gasteiger partial charge in [-0.1, -0.05) is 18.5 Å². The zero-order valence-corrected chi connectivity index (χ0v) is 16.3. The van der Waals surface area contributed by atoms with Gasteiger partial charge in [0.1, 0.15) is 18.2 Å². The van der Waals surface area contributed by atoms with E-state index in [1.165, 1.54) is 25.1 Å². The van der Waals surface area contributed by atoms with Crippen molar-refractivity contribution in [1.82, 2.24) is 10.2 Å². The molecule has 28 heavy (non-hydrogen) atoms. The number of esters is 1. The van der Waals surface area contributed by atoms with E-state index in [1.807, 2.05) is 6.07 Å². The lowest BCUT2D eigenvalue weighted by molar-refractivity contribution is -0.155. The fourth-order valence-corrected chi connectivity index (χ4v) is 2.70. The number of hydrogen-bond acceptors (Lipinski definition) is 6. The summed E-state index contributed by atoms with van der Waals surface area (Å²) in [4.78, 5) is 49.2. The molecule has 1 saturated heterocycles. The highest BCUT2D eigenvalue weighted by molar-refractivity contribution is 6.32. The first kappa shape index (κ1) is 21.2. The Bertz CT molecular complexity index is 881. The second kappa shape index (κ2) is 8.27. The molecule has 0 aliphatic carbocycles. The van der Waals surface area contributed by atoms with E-state index in [1.54, 1.807) is 13.8 Å². The number of benzene rings is 1. The highest BCUT2D eigenvalue weighted by Gasteiger charge is 2.47. The summed E-state index contributed by atoms with van der Waals surface area (Å²) in [6, 6.07) is 5.53. The monoisotopic (exact) mass is 406 g/mol. The second-order valence-electron chi connectivity index (χ2n) is 6.43. The molecule has 2 rings (SSSR count). The quantitative estimate of drug-likeness (QED) is 0.547. The molecule has 10 heteroatoms. The number of imide groups is 1. The third-order valence-corrected chi connectivity index (χ3v) is 4.69. The first-order valence-electron chi connectivity index (χ1n) is 8.45. The number of ether oxygens (including phenoxy) is 1. The summed E-state index contributed by atoms with van der Waals surface area (Å²) in [7, 11) is 0. The van der Waals surface area contributed by atoms with Crippen molar-refractivity contribution in [2.75, 3.05) is 11.9 Å². The van der Waals surface area contributed by atoms with Crippen LogP contribution in [0.4, 0.5) is 10.5 Å². The van der Waals surface area contributed by atoms with E-state index < -0.39 is 42.0 Å². The van der Waals surface area contributed by atoms with E-state index >= 15 is 0 Å². The van der Waals surface area contributed by atoms with Crippen LogP contribution < -0.4 is 10.6 Å². The maximum absolute atomic E-state index is 12.3. The van der Waals surface area contributed by atoms with Gasteiger partial charge in [-0.3, -0.25) is 19.3 Å². The molecule has 1 fully saturated rings. The number of halogens is 1. The van der Waals surface area contributed by atoms with Crippen LogP contribution in [-0.2, 0) is 19.1 Å². The summed E-state index contributed by atoms with van der Waals surface area (Å²) >= 11 is 5.90. The van der Waals surface area contributed by atoms with E-state index in [2.05, 4.69) is 10.6 Å². The number of nitrogens with zero attached hydrogens (tertiary/aromatic N) is 2. The molecule has 0 bridgehead atoms. The lowest BCUT2D eigenvalue weighted by Gasteiger charge is -2.19. The highest BCUT2D eigenvalue weighted by Crippen LogP contribution is 2.21. The van der Waals surface area contributed by atoms with Crippen molar-refractivity contribution in [3.8, 4) is 6.07 Å². The maximum atomic E-state index is 12.3. The average Bonchev–Trinajstić information content (AvgIpc) is 2.85. The van der Waals surface area contributed by atoms with Crippen LogP contribution in [0.2, 0.25) is 5.02 Å². The molecule has 1 aliphatic heterocycles. The first-order valence-corrected chi connectivity index (χ1v) is 8.83. The van der Waals surface area contributed by atoms with Gasteiger partial charge in [0.25, 0.3) is 11.8 Å². The molecular weight excluding hydrogens is 388 g/mol. The SMILES string of the molecule is CC[C@@]1(C)NC(=O)N(CC(=O)O[C@@H](C)C(=O)Nc2ccc(C#N)c(Cl)c2)C1=O. The minimum atomic E-state index is -1.18. The molecule has 148 valence electrons. The standard InChI is InChI=1S/C18H19ClN4O5/c1-4-18(3)16(26)23(17(27)22-18)9-14(24)28-10(2)15(25)21-12-6-5-11(8-20)13(19)7-12/h5-7,10H,4,9H2,1-3H3,(H,21,25)(H,22,27)/t10-,18+/m0/s1. The average molecular weight is 407 g/mol. The number of carbonyl (C=O) groups excluding carboxylic acids is 4. The van der Waals surface area contributed by atoms with Crippen molar-refractivity contribution in [2.45, 2.75) is 38.8 Å². The first-order chi connectivity index (χ1) is 13.1. The fraction of sp³-hybridized carbons (Fsp3) is 0.389. The van der Waals surface area contributed by atoms with Crippen LogP contribution >= 0.6 is 11.6 Å². The molecule has 0 radical (unpaired) electrons. The minimum Gasteiger partial charge on any atom is -0.451 e. The van der Waals surface area contributed by atoms with Gasteiger partial charge in [-0.05, 0) is 38.5 Å². The molecule has 2 atom stereocenters. The van der Waals surface area contributed by atoms with Crippen molar-refractivity contribution in [3.05, 3.63) is 28.8 Å². The smallest absolute Gasteiger partial charge is 0.327 e. The Hall–Kier alpha value is -3.12. The minimum absolute atomic E-state index is 0.169. The predicted octanol–water partition coefficient (Wildman–Crippen LogP) is 1.80. The van der Waals surface area contributed by atoms with Crippen LogP contribution in [0.1, 0.15) is 32.8 Å². The topological polar surface area (TPSA) is 129 Å². The molecule has 1 aromatic rings. The highest BCUT2D eigenvalue weighted by atomic mass is 35.5. The summed E-state index contributed by atoms with van der Waals surface area (Å²) in [5, 5.41) is 14.0. The summed E-state index contributed by atoms with van der Waals surface area (Å²) < 4.78 is 5.01. The largest absolute Gasteiger partial charge is 0.451 e. The number of carbonyl (C=O) groups is 4. The number of nitriles is 1. The van der Waals surface area contributed by atoms with Crippen molar-refractivity contribution in [2.24, 2.45) is 0 Å². The van der Waals surface area contributed by atoms with E-state index in [9.17, 15) is 19.2 Å². The van der Waals surface area contributed by atoms with Gasteiger partial charge in [0.15, 0.2) is 6.10 Å². The van der Waals surface area contributed by atoms with Gasteiger partial charge >= 0.3 is 12.0 Å². The van der Waals surface area contributed by atoms with E-state index in [0.717, 1.165) is 4.90 Å². The molecule has 0 aromatic heterocycles. The fourth-order valence-electron chi connectivity index (χ4n) is 2.47. The number of hydrogen-bond donors (Lipinski definition) is 2. The molecular formula is C18H19ClN4O5. The Morgan fingerprint density at radius 2 is 2.11 bits per heavy atom. The number of nitrogens with one attached hydrogen (secondary N) is 2. The molecule has 0 spiro atoms. The Kier molecular flexibility index (Phi) is 6.26. The molecule has 1 aromatic carbocycles. The van der Waals surface area contributed by atoms with Gasteiger partial charge < -0.3 is 15.4 Å². The van der Waals surface area contributed by atoms with Crippen molar-refractivity contribution >= 4 is 41.1 Å². The summed E-state index contributed by atoms with van der Waals surface area (Å²) in [5.41, 5.74) is -0.480. The van der Waals surface area contributed by atoms with Crippen LogP contribution in [-0.4, -0.2) is 46.9 Å². The van der Waals surface area contributed by atoms with Gasteiger partial charge in [-0.2, -0.15) is 5.26 Å². The van der Waals surface area contributed by atoms with Gasteiger partial charge in [-0.15, -0.1) is 0 Å². The second-order valence-corrected chi connectivity index (χ2v) is 6.84. The third kappa shape index (κ3) is 4.40. The van der Waals surface area contributed by atoms with Gasteiger partial charge in [0.2, 0.25) is 0 Å². The van der Waals surface area contributed by atoms with Gasteiger partial charge in [0, 0.05) is 5.69 Å². The van der Waals surface area contributed by atoms with Crippen LogP contribution in [0.5, 0.6) is 0 Å². The Balaban J connectivity index is 1.94. The number of urea groups is 1. The number of rotatable bonds is 6. The van der Waals surface area contributed by atoms with Crippen molar-refractivity contribution in [1.29, 1.82) is 5.26 Å². The molecule has 9 nitrogen and oxygen atoms in total.